The number of likely N-dealkylation sites (N-methyl/N-ethyl adjacent to an activating group) is 1. The molecule has 0 spiro atoms. The van der Waals surface area contributed by atoms with Gasteiger partial charge in [-0.15, -0.1) is 0 Å². The Hall–Kier alpha value is -0.610. The third-order valence-electron chi connectivity index (χ3n) is 2.31. The van der Waals surface area contributed by atoms with E-state index in [-0.39, 0.29) is 11.9 Å². The second-order valence-electron chi connectivity index (χ2n) is 4.61. The third kappa shape index (κ3) is 8.39. The Morgan fingerprint density at radius 1 is 1.40 bits per heavy atom. The Labute approximate surface area is 93.2 Å². The SMILES string of the molecule is CC(CN)CCC(=O)NC(C)CN(C)C. The number of rotatable bonds is 7. The lowest BCUT2D eigenvalue weighted by molar-refractivity contribution is -0.122. The van der Waals surface area contributed by atoms with Crippen LogP contribution >= 0.6 is 0 Å². The topological polar surface area (TPSA) is 58.4 Å². The maximum Gasteiger partial charge on any atom is 0.220 e. The van der Waals surface area contributed by atoms with E-state index in [0.717, 1.165) is 13.0 Å². The molecule has 4 nitrogen and oxygen atoms in total. The van der Waals surface area contributed by atoms with E-state index >= 15 is 0 Å². The largest absolute Gasteiger partial charge is 0.352 e. The van der Waals surface area contributed by atoms with Gasteiger partial charge in [-0.3, -0.25) is 4.79 Å². The smallest absolute Gasteiger partial charge is 0.220 e. The highest BCUT2D eigenvalue weighted by molar-refractivity contribution is 5.76. The minimum absolute atomic E-state index is 0.129. The Morgan fingerprint density at radius 3 is 2.47 bits per heavy atom. The van der Waals surface area contributed by atoms with Crippen LogP contribution in [-0.2, 0) is 4.79 Å². The zero-order valence-electron chi connectivity index (χ0n) is 10.4. The molecule has 0 aliphatic rings. The van der Waals surface area contributed by atoms with Crippen molar-refractivity contribution in [2.24, 2.45) is 11.7 Å². The lowest BCUT2D eigenvalue weighted by Gasteiger charge is -2.18. The number of carbonyl (C=O) groups excluding carboxylic acids is 1. The fourth-order valence-corrected chi connectivity index (χ4v) is 1.44. The molecule has 0 heterocycles. The fourth-order valence-electron chi connectivity index (χ4n) is 1.44. The number of hydrogen-bond donors (Lipinski definition) is 2. The summed E-state index contributed by atoms with van der Waals surface area (Å²) in [5.41, 5.74) is 5.49. The van der Waals surface area contributed by atoms with E-state index in [1.54, 1.807) is 0 Å². The van der Waals surface area contributed by atoms with Crippen LogP contribution in [0, 0.1) is 5.92 Å². The highest BCUT2D eigenvalue weighted by Gasteiger charge is 2.09. The van der Waals surface area contributed by atoms with Gasteiger partial charge in [0.05, 0.1) is 0 Å². The first-order chi connectivity index (χ1) is 6.95. The number of nitrogens with zero attached hydrogens (tertiary/aromatic N) is 1. The Bertz CT molecular complexity index is 183. The van der Waals surface area contributed by atoms with E-state index in [1.165, 1.54) is 0 Å². The fraction of sp³-hybridized carbons (Fsp3) is 0.909. The summed E-state index contributed by atoms with van der Waals surface area (Å²) in [5.74, 6) is 0.560. The van der Waals surface area contributed by atoms with E-state index in [0.29, 0.717) is 18.9 Å². The van der Waals surface area contributed by atoms with Gasteiger partial charge >= 0.3 is 0 Å². The molecule has 0 saturated carbocycles. The molecule has 0 aromatic heterocycles. The molecule has 90 valence electrons. The van der Waals surface area contributed by atoms with Gasteiger partial charge in [-0.1, -0.05) is 6.92 Å². The van der Waals surface area contributed by atoms with Crippen molar-refractivity contribution in [2.75, 3.05) is 27.2 Å². The highest BCUT2D eigenvalue weighted by Crippen LogP contribution is 2.02. The molecule has 0 aromatic carbocycles. The normalized spacial score (nSPS) is 15.1. The van der Waals surface area contributed by atoms with E-state index in [4.69, 9.17) is 5.73 Å². The minimum atomic E-state index is 0.129. The number of amides is 1. The van der Waals surface area contributed by atoms with Gasteiger partial charge in [0.1, 0.15) is 0 Å². The average Bonchev–Trinajstić information content (AvgIpc) is 2.12. The van der Waals surface area contributed by atoms with Crippen LogP contribution in [0.4, 0.5) is 0 Å². The second kappa shape index (κ2) is 7.65. The van der Waals surface area contributed by atoms with Crippen LogP contribution in [0.5, 0.6) is 0 Å². The molecule has 2 atom stereocenters. The van der Waals surface area contributed by atoms with Crippen molar-refractivity contribution in [1.82, 2.24) is 10.2 Å². The molecule has 0 aliphatic heterocycles. The van der Waals surface area contributed by atoms with E-state index < -0.39 is 0 Å². The van der Waals surface area contributed by atoms with Crippen molar-refractivity contribution >= 4 is 5.91 Å². The van der Waals surface area contributed by atoms with E-state index in [1.807, 2.05) is 21.0 Å². The minimum Gasteiger partial charge on any atom is -0.352 e. The Balaban J connectivity index is 3.64. The molecule has 4 heteroatoms. The van der Waals surface area contributed by atoms with Gasteiger partial charge < -0.3 is 16.0 Å². The molecule has 2 unspecified atom stereocenters. The van der Waals surface area contributed by atoms with Crippen molar-refractivity contribution in [1.29, 1.82) is 0 Å². The molecular formula is C11H25N3O. The average molecular weight is 215 g/mol. The lowest BCUT2D eigenvalue weighted by atomic mass is 10.1. The van der Waals surface area contributed by atoms with Gasteiger partial charge in [0, 0.05) is 19.0 Å². The Morgan fingerprint density at radius 2 is 2.00 bits per heavy atom. The van der Waals surface area contributed by atoms with Gasteiger partial charge in [0.15, 0.2) is 0 Å². The van der Waals surface area contributed by atoms with Gasteiger partial charge in [0.2, 0.25) is 5.91 Å². The van der Waals surface area contributed by atoms with Crippen molar-refractivity contribution in [3.63, 3.8) is 0 Å². The van der Waals surface area contributed by atoms with Crippen LogP contribution in [0.2, 0.25) is 0 Å². The first-order valence-corrected chi connectivity index (χ1v) is 5.59. The third-order valence-corrected chi connectivity index (χ3v) is 2.31. The molecule has 0 fully saturated rings. The molecule has 0 rings (SSSR count). The number of nitrogens with two attached hydrogens (primary N) is 1. The maximum absolute atomic E-state index is 11.5. The maximum atomic E-state index is 11.5. The molecule has 0 aromatic rings. The standard InChI is InChI=1S/C11H25N3O/c1-9(7-12)5-6-11(15)13-10(2)8-14(3)4/h9-10H,5-8,12H2,1-4H3,(H,13,15). The van der Waals surface area contributed by atoms with Gasteiger partial charge in [0.25, 0.3) is 0 Å². The van der Waals surface area contributed by atoms with Crippen LogP contribution < -0.4 is 11.1 Å². The summed E-state index contributed by atoms with van der Waals surface area (Å²) >= 11 is 0. The van der Waals surface area contributed by atoms with Crippen molar-refractivity contribution < 1.29 is 4.79 Å². The highest BCUT2D eigenvalue weighted by atomic mass is 16.1. The molecular weight excluding hydrogens is 190 g/mol. The molecule has 0 radical (unpaired) electrons. The molecule has 0 aliphatic carbocycles. The molecule has 1 amide bonds. The summed E-state index contributed by atoms with van der Waals surface area (Å²) in [6.07, 6.45) is 1.45. The summed E-state index contributed by atoms with van der Waals surface area (Å²) < 4.78 is 0. The quantitative estimate of drug-likeness (QED) is 0.647. The summed E-state index contributed by atoms with van der Waals surface area (Å²) in [6, 6.07) is 0.209. The van der Waals surface area contributed by atoms with Crippen LogP contribution in [0.25, 0.3) is 0 Å². The predicted molar refractivity (Wildman–Crippen MR) is 63.6 cm³/mol. The van der Waals surface area contributed by atoms with Crippen molar-refractivity contribution in [3.05, 3.63) is 0 Å². The van der Waals surface area contributed by atoms with Crippen LogP contribution in [-0.4, -0.2) is 44.0 Å². The molecule has 0 saturated heterocycles. The van der Waals surface area contributed by atoms with E-state index in [2.05, 4.69) is 17.1 Å². The van der Waals surface area contributed by atoms with Crippen molar-refractivity contribution in [3.8, 4) is 0 Å². The Kier molecular flexibility index (Phi) is 7.34. The molecule has 3 N–H and O–H groups in total. The monoisotopic (exact) mass is 215 g/mol. The predicted octanol–water partition coefficient (Wildman–Crippen LogP) is 0.428. The number of carbonyl (C=O) groups is 1. The van der Waals surface area contributed by atoms with E-state index in [9.17, 15) is 4.79 Å². The first kappa shape index (κ1) is 14.4. The van der Waals surface area contributed by atoms with Gasteiger partial charge in [-0.25, -0.2) is 0 Å². The zero-order valence-corrected chi connectivity index (χ0v) is 10.4. The summed E-state index contributed by atoms with van der Waals surface area (Å²) in [6.45, 7) is 5.61. The first-order valence-electron chi connectivity index (χ1n) is 5.59. The lowest BCUT2D eigenvalue weighted by Crippen LogP contribution is -2.39. The van der Waals surface area contributed by atoms with Crippen LogP contribution in [0.15, 0.2) is 0 Å². The summed E-state index contributed by atoms with van der Waals surface area (Å²) in [7, 11) is 4.00. The van der Waals surface area contributed by atoms with Gasteiger partial charge in [-0.2, -0.15) is 0 Å². The summed E-state index contributed by atoms with van der Waals surface area (Å²) in [5, 5.41) is 2.97. The summed E-state index contributed by atoms with van der Waals surface area (Å²) in [4.78, 5) is 13.5. The van der Waals surface area contributed by atoms with Gasteiger partial charge in [-0.05, 0) is 39.9 Å². The zero-order chi connectivity index (χ0) is 11.8. The second-order valence-corrected chi connectivity index (χ2v) is 4.61. The van der Waals surface area contributed by atoms with Crippen LogP contribution in [0.1, 0.15) is 26.7 Å². The molecule has 15 heavy (non-hydrogen) atoms. The van der Waals surface area contributed by atoms with Crippen LogP contribution in [0.3, 0.4) is 0 Å². The number of nitrogens with one attached hydrogen (secondary N) is 1. The van der Waals surface area contributed by atoms with Crippen molar-refractivity contribution in [2.45, 2.75) is 32.7 Å². The number of hydrogen-bond acceptors (Lipinski definition) is 3. The molecule has 0 bridgehead atoms.